The van der Waals surface area contributed by atoms with Crippen molar-refractivity contribution in [2.75, 3.05) is 26.2 Å². The quantitative estimate of drug-likeness (QED) is 0.754. The van der Waals surface area contributed by atoms with Gasteiger partial charge in [0.2, 0.25) is 5.91 Å². The molecule has 0 N–H and O–H groups in total. The number of benzene rings is 1. The summed E-state index contributed by atoms with van der Waals surface area (Å²) < 4.78 is 0. The molecule has 1 amide bonds. The fourth-order valence-electron chi connectivity index (χ4n) is 2.18. The number of carbonyl (C=O) groups is 1. The minimum atomic E-state index is 0.223. The predicted octanol–water partition coefficient (Wildman–Crippen LogP) is 2.69. The van der Waals surface area contributed by atoms with Gasteiger partial charge in [-0.1, -0.05) is 31.2 Å². The Morgan fingerprint density at radius 3 is 2.21 bits per heavy atom. The molecule has 0 aliphatic rings. The number of carbonyl (C=O) groups excluding carboxylic acids is 1. The van der Waals surface area contributed by atoms with E-state index in [0.717, 1.165) is 26.2 Å². The number of likely N-dealkylation sites (N-methyl/N-ethyl adjacent to an activating group) is 2. The van der Waals surface area contributed by atoms with E-state index in [1.807, 2.05) is 18.7 Å². The highest BCUT2D eigenvalue weighted by Crippen LogP contribution is 2.10. The number of hydrogen-bond acceptors (Lipinski definition) is 2. The summed E-state index contributed by atoms with van der Waals surface area (Å²) in [6.07, 6.45) is 0. The van der Waals surface area contributed by atoms with Crippen molar-refractivity contribution in [1.82, 2.24) is 9.80 Å². The van der Waals surface area contributed by atoms with Gasteiger partial charge in [0.1, 0.15) is 0 Å². The molecule has 0 aliphatic heterocycles. The van der Waals surface area contributed by atoms with E-state index in [2.05, 4.69) is 43.0 Å². The molecule has 0 unspecified atom stereocenters. The Hall–Kier alpha value is -1.35. The van der Waals surface area contributed by atoms with Crippen molar-refractivity contribution in [3.05, 3.63) is 35.4 Å². The van der Waals surface area contributed by atoms with Crippen LogP contribution in [0, 0.1) is 6.92 Å². The highest BCUT2D eigenvalue weighted by molar-refractivity contribution is 5.78. The zero-order valence-electron chi connectivity index (χ0n) is 12.6. The van der Waals surface area contributed by atoms with Gasteiger partial charge in [0, 0.05) is 19.6 Å². The van der Waals surface area contributed by atoms with Crippen LogP contribution in [0.15, 0.2) is 24.3 Å². The first-order valence-electron chi connectivity index (χ1n) is 7.16. The number of aryl methyl sites for hydroxylation is 1. The van der Waals surface area contributed by atoms with Crippen molar-refractivity contribution in [2.24, 2.45) is 0 Å². The molecule has 0 saturated heterocycles. The van der Waals surface area contributed by atoms with E-state index in [9.17, 15) is 4.79 Å². The molecule has 0 bridgehead atoms. The molecule has 3 heteroatoms. The predicted molar refractivity (Wildman–Crippen MR) is 80.1 cm³/mol. The van der Waals surface area contributed by atoms with E-state index < -0.39 is 0 Å². The smallest absolute Gasteiger partial charge is 0.236 e. The van der Waals surface area contributed by atoms with Crippen LogP contribution < -0.4 is 0 Å². The minimum absolute atomic E-state index is 0.223. The molecule has 106 valence electrons. The first-order chi connectivity index (χ1) is 9.12. The van der Waals surface area contributed by atoms with Crippen LogP contribution in [0.5, 0.6) is 0 Å². The number of nitrogens with zero attached hydrogens (tertiary/aromatic N) is 2. The summed E-state index contributed by atoms with van der Waals surface area (Å²) in [5, 5.41) is 0. The van der Waals surface area contributed by atoms with Crippen molar-refractivity contribution in [2.45, 2.75) is 34.2 Å². The minimum Gasteiger partial charge on any atom is -0.342 e. The van der Waals surface area contributed by atoms with Crippen LogP contribution in [0.2, 0.25) is 0 Å². The number of amides is 1. The van der Waals surface area contributed by atoms with E-state index >= 15 is 0 Å². The van der Waals surface area contributed by atoms with Gasteiger partial charge in [-0.25, -0.2) is 0 Å². The van der Waals surface area contributed by atoms with Crippen molar-refractivity contribution in [1.29, 1.82) is 0 Å². The summed E-state index contributed by atoms with van der Waals surface area (Å²) in [7, 11) is 0. The van der Waals surface area contributed by atoms with Crippen LogP contribution in [0.4, 0.5) is 0 Å². The molecule has 0 aromatic heterocycles. The van der Waals surface area contributed by atoms with Crippen molar-refractivity contribution in [3.8, 4) is 0 Å². The third-order valence-corrected chi connectivity index (χ3v) is 3.58. The van der Waals surface area contributed by atoms with Crippen LogP contribution in [0.25, 0.3) is 0 Å². The maximum absolute atomic E-state index is 12.1. The lowest BCUT2D eigenvalue weighted by atomic mass is 10.1. The third kappa shape index (κ3) is 4.67. The molecule has 1 aromatic carbocycles. The van der Waals surface area contributed by atoms with Gasteiger partial charge in [-0.2, -0.15) is 0 Å². The van der Waals surface area contributed by atoms with E-state index in [0.29, 0.717) is 6.54 Å². The van der Waals surface area contributed by atoms with Crippen LogP contribution >= 0.6 is 0 Å². The Bertz CT molecular complexity index is 399. The van der Waals surface area contributed by atoms with Crippen molar-refractivity contribution in [3.63, 3.8) is 0 Å². The van der Waals surface area contributed by atoms with Crippen LogP contribution in [0.3, 0.4) is 0 Å². The molecule has 19 heavy (non-hydrogen) atoms. The van der Waals surface area contributed by atoms with Gasteiger partial charge in [-0.05, 0) is 38.4 Å². The molecule has 1 aromatic rings. The molecule has 0 spiro atoms. The largest absolute Gasteiger partial charge is 0.342 e. The van der Waals surface area contributed by atoms with E-state index in [4.69, 9.17) is 0 Å². The van der Waals surface area contributed by atoms with Gasteiger partial charge < -0.3 is 4.90 Å². The molecule has 0 aliphatic carbocycles. The van der Waals surface area contributed by atoms with Gasteiger partial charge in [-0.15, -0.1) is 0 Å². The lowest BCUT2D eigenvalue weighted by molar-refractivity contribution is -0.132. The molecular formula is C16H26N2O. The number of hydrogen-bond donors (Lipinski definition) is 0. The first-order valence-corrected chi connectivity index (χ1v) is 7.16. The Labute approximate surface area is 117 Å². The highest BCUT2D eigenvalue weighted by atomic mass is 16.2. The highest BCUT2D eigenvalue weighted by Gasteiger charge is 2.14. The molecule has 3 nitrogen and oxygen atoms in total. The maximum atomic E-state index is 12.1. The average molecular weight is 262 g/mol. The second kappa shape index (κ2) is 7.95. The Morgan fingerprint density at radius 1 is 1.05 bits per heavy atom. The summed E-state index contributed by atoms with van der Waals surface area (Å²) in [4.78, 5) is 16.2. The maximum Gasteiger partial charge on any atom is 0.236 e. The molecule has 0 fully saturated rings. The van der Waals surface area contributed by atoms with Gasteiger partial charge in [0.25, 0.3) is 0 Å². The Balaban J connectivity index is 2.64. The molecule has 0 radical (unpaired) electrons. The second-order valence-corrected chi connectivity index (χ2v) is 4.80. The summed E-state index contributed by atoms with van der Waals surface area (Å²) >= 11 is 0. The zero-order valence-corrected chi connectivity index (χ0v) is 12.6. The molecule has 0 atom stereocenters. The SMILES string of the molecule is CCN(CC(=O)N(CC)CC)Cc1ccccc1C. The topological polar surface area (TPSA) is 23.6 Å². The van der Waals surface area contributed by atoms with Gasteiger partial charge in [-0.3, -0.25) is 9.69 Å². The summed E-state index contributed by atoms with van der Waals surface area (Å²) in [6, 6.07) is 8.37. The lowest BCUT2D eigenvalue weighted by Gasteiger charge is -2.25. The standard InChI is InChI=1S/C16H26N2O/c1-5-17(13-16(19)18(6-2)7-3)12-15-11-9-8-10-14(15)4/h8-11H,5-7,12-13H2,1-4H3. The summed E-state index contributed by atoms with van der Waals surface area (Å²) in [5.41, 5.74) is 2.59. The van der Waals surface area contributed by atoms with E-state index in [1.54, 1.807) is 0 Å². The average Bonchev–Trinajstić information content (AvgIpc) is 2.41. The second-order valence-electron chi connectivity index (χ2n) is 4.80. The monoisotopic (exact) mass is 262 g/mol. The van der Waals surface area contributed by atoms with Gasteiger partial charge in [0.05, 0.1) is 6.54 Å². The van der Waals surface area contributed by atoms with Crippen LogP contribution in [-0.2, 0) is 11.3 Å². The molecule has 0 saturated carbocycles. The van der Waals surface area contributed by atoms with Gasteiger partial charge >= 0.3 is 0 Å². The lowest BCUT2D eigenvalue weighted by Crippen LogP contribution is -2.40. The zero-order chi connectivity index (χ0) is 14.3. The number of rotatable bonds is 7. The fourth-order valence-corrected chi connectivity index (χ4v) is 2.18. The fraction of sp³-hybridized carbons (Fsp3) is 0.562. The Morgan fingerprint density at radius 2 is 1.68 bits per heavy atom. The Kier molecular flexibility index (Phi) is 6.57. The van der Waals surface area contributed by atoms with Crippen LogP contribution in [-0.4, -0.2) is 41.9 Å². The normalized spacial score (nSPS) is 10.8. The first kappa shape index (κ1) is 15.7. The van der Waals surface area contributed by atoms with Gasteiger partial charge in [0.15, 0.2) is 0 Å². The van der Waals surface area contributed by atoms with Crippen molar-refractivity contribution < 1.29 is 4.79 Å². The van der Waals surface area contributed by atoms with Crippen LogP contribution in [0.1, 0.15) is 31.9 Å². The summed E-state index contributed by atoms with van der Waals surface area (Å²) in [6.45, 7) is 12.1. The van der Waals surface area contributed by atoms with Crippen molar-refractivity contribution >= 4 is 5.91 Å². The van der Waals surface area contributed by atoms with E-state index in [-0.39, 0.29) is 5.91 Å². The third-order valence-electron chi connectivity index (χ3n) is 3.58. The van der Waals surface area contributed by atoms with E-state index in [1.165, 1.54) is 11.1 Å². The summed E-state index contributed by atoms with van der Waals surface area (Å²) in [5.74, 6) is 0.223. The molecular weight excluding hydrogens is 236 g/mol. The molecule has 0 heterocycles. The molecule has 1 rings (SSSR count).